The van der Waals surface area contributed by atoms with Gasteiger partial charge in [-0.2, -0.15) is 9.13 Å². The molecule has 0 radical (unpaired) electrons. The van der Waals surface area contributed by atoms with E-state index in [1.165, 1.54) is 0 Å². The lowest BCUT2D eigenvalue weighted by atomic mass is 10.2. The van der Waals surface area contributed by atoms with Crippen LogP contribution in [0.3, 0.4) is 0 Å². The van der Waals surface area contributed by atoms with Crippen molar-refractivity contribution in [3.63, 3.8) is 0 Å². The van der Waals surface area contributed by atoms with Crippen molar-refractivity contribution in [2.24, 2.45) is 0 Å². The predicted molar refractivity (Wildman–Crippen MR) is 161 cm³/mol. The fourth-order valence-corrected chi connectivity index (χ4v) is 4.70. The summed E-state index contributed by atoms with van der Waals surface area (Å²) in [6.45, 7) is 0. The van der Waals surface area contributed by atoms with Crippen molar-refractivity contribution >= 4 is 17.5 Å². The Balaban J connectivity index is 1.32. The maximum absolute atomic E-state index is 2.20. The van der Waals surface area contributed by atoms with Gasteiger partial charge in [-0.15, -0.1) is 0 Å². The monoisotopic (exact) mass is 505 g/mol. The van der Waals surface area contributed by atoms with Gasteiger partial charge >= 0.3 is 0 Å². The molecule has 0 saturated heterocycles. The fourth-order valence-electron chi connectivity index (χ4n) is 4.70. The Morgan fingerprint density at radius 1 is 0.513 bits per heavy atom. The molecule has 0 saturated carbocycles. The third-order valence-electron chi connectivity index (χ3n) is 6.57. The highest BCUT2D eigenvalue weighted by molar-refractivity contribution is 5.69. The average molecular weight is 506 g/mol. The molecular weight excluding hydrogens is 476 g/mol. The standard InChI is InChI=1S/C35H29N4/c1-6-16-30(17-7-1)36-26-27-37(31-18-8-2-9-19-31)34(36)24-14-5-15-25-35-38(32-20-10-3-11-21-32)28-29-39(35)33-22-12-4-13-23-33/h1-29H/q+1. The molecule has 0 spiro atoms. The number of para-hydroxylation sites is 4. The van der Waals surface area contributed by atoms with Crippen molar-refractivity contribution < 1.29 is 4.57 Å². The normalized spacial score (nSPS) is 13.2. The second-order valence-corrected chi connectivity index (χ2v) is 9.05. The minimum absolute atomic E-state index is 1.06. The summed E-state index contributed by atoms with van der Waals surface area (Å²) in [5, 5.41) is 0. The van der Waals surface area contributed by atoms with E-state index in [9.17, 15) is 0 Å². The molecule has 188 valence electrons. The van der Waals surface area contributed by atoms with Crippen LogP contribution < -0.4 is 14.4 Å². The average Bonchev–Trinajstić information content (AvgIpc) is 3.63. The van der Waals surface area contributed by atoms with Crippen molar-refractivity contribution in [3.05, 3.63) is 182 Å². The highest BCUT2D eigenvalue weighted by Crippen LogP contribution is 2.31. The van der Waals surface area contributed by atoms with E-state index in [0.29, 0.717) is 0 Å². The molecular formula is C35H29N4+. The van der Waals surface area contributed by atoms with Gasteiger partial charge in [0.1, 0.15) is 29.6 Å². The van der Waals surface area contributed by atoms with Crippen LogP contribution in [0, 0.1) is 0 Å². The molecule has 2 heterocycles. The summed E-state index contributed by atoms with van der Waals surface area (Å²) in [7, 11) is 0. The lowest BCUT2D eigenvalue weighted by Gasteiger charge is -2.25. The molecule has 0 fully saturated rings. The third-order valence-corrected chi connectivity index (χ3v) is 6.57. The topological polar surface area (TPSA) is 15.3 Å². The van der Waals surface area contributed by atoms with Crippen molar-refractivity contribution in [3.8, 4) is 11.4 Å². The molecule has 1 aliphatic heterocycles. The van der Waals surface area contributed by atoms with Crippen molar-refractivity contribution in [1.82, 2.24) is 4.57 Å². The molecule has 0 N–H and O–H groups in total. The first-order valence-electron chi connectivity index (χ1n) is 13.0. The molecule has 0 amide bonds. The summed E-state index contributed by atoms with van der Waals surface area (Å²) < 4.78 is 4.40. The van der Waals surface area contributed by atoms with Crippen molar-refractivity contribution in [2.45, 2.75) is 0 Å². The fraction of sp³-hybridized carbons (Fsp3) is 0. The second-order valence-electron chi connectivity index (χ2n) is 9.05. The molecule has 0 atom stereocenters. The highest BCUT2D eigenvalue weighted by atomic mass is 15.4. The SMILES string of the molecule is C1=CN(c2ccccc2)C(=C/C=C/C=C/c2n(-c3ccccc3)cc[n+]2-c2ccccc2)N1c1ccccc1. The van der Waals surface area contributed by atoms with E-state index in [0.717, 1.165) is 34.4 Å². The molecule has 0 unspecified atom stereocenters. The van der Waals surface area contributed by atoms with E-state index in [1.54, 1.807) is 0 Å². The summed E-state index contributed by atoms with van der Waals surface area (Å²) in [4.78, 5) is 4.40. The number of aromatic nitrogens is 2. The van der Waals surface area contributed by atoms with E-state index < -0.39 is 0 Å². The van der Waals surface area contributed by atoms with Crippen LogP contribution in [0.1, 0.15) is 5.82 Å². The lowest BCUT2D eigenvalue weighted by molar-refractivity contribution is -0.596. The Labute approximate surface area is 229 Å². The minimum Gasteiger partial charge on any atom is -0.301 e. The van der Waals surface area contributed by atoms with Crippen LogP contribution in [0.15, 0.2) is 176 Å². The Morgan fingerprint density at radius 2 is 1.03 bits per heavy atom. The predicted octanol–water partition coefficient (Wildman–Crippen LogP) is 7.66. The Hall–Kier alpha value is -5.35. The van der Waals surface area contributed by atoms with Gasteiger partial charge in [-0.05, 0) is 54.6 Å². The number of allylic oxidation sites excluding steroid dienone is 4. The molecule has 0 bridgehead atoms. The van der Waals surface area contributed by atoms with Crippen LogP contribution in [-0.2, 0) is 0 Å². The van der Waals surface area contributed by atoms with Gasteiger partial charge in [0.2, 0.25) is 0 Å². The van der Waals surface area contributed by atoms with Gasteiger partial charge < -0.3 is 9.80 Å². The number of benzene rings is 4. The first-order valence-corrected chi connectivity index (χ1v) is 13.0. The molecule has 6 rings (SSSR count). The van der Waals surface area contributed by atoms with Crippen LogP contribution in [0.25, 0.3) is 17.5 Å². The molecule has 39 heavy (non-hydrogen) atoms. The molecule has 4 heteroatoms. The van der Waals surface area contributed by atoms with Crippen LogP contribution >= 0.6 is 0 Å². The third kappa shape index (κ3) is 5.22. The quantitative estimate of drug-likeness (QED) is 0.167. The second kappa shape index (κ2) is 11.4. The lowest BCUT2D eigenvalue weighted by Crippen LogP contribution is -2.32. The zero-order valence-corrected chi connectivity index (χ0v) is 21.5. The van der Waals surface area contributed by atoms with Gasteiger partial charge in [-0.1, -0.05) is 91.0 Å². The number of nitrogens with zero attached hydrogens (tertiary/aromatic N) is 4. The zero-order valence-electron chi connectivity index (χ0n) is 21.5. The summed E-state index contributed by atoms with van der Waals surface area (Å²) in [6.07, 6.45) is 19.0. The number of anilines is 2. The highest BCUT2D eigenvalue weighted by Gasteiger charge is 2.22. The maximum Gasteiger partial charge on any atom is 0.291 e. The van der Waals surface area contributed by atoms with Crippen LogP contribution in [0.2, 0.25) is 0 Å². The van der Waals surface area contributed by atoms with E-state index >= 15 is 0 Å². The Morgan fingerprint density at radius 3 is 1.59 bits per heavy atom. The smallest absolute Gasteiger partial charge is 0.291 e. The summed E-state index contributed by atoms with van der Waals surface area (Å²) in [5.41, 5.74) is 4.47. The van der Waals surface area contributed by atoms with Crippen LogP contribution in [-0.4, -0.2) is 4.57 Å². The largest absolute Gasteiger partial charge is 0.301 e. The van der Waals surface area contributed by atoms with Crippen molar-refractivity contribution in [1.29, 1.82) is 0 Å². The van der Waals surface area contributed by atoms with Gasteiger partial charge in [0.05, 0.1) is 0 Å². The van der Waals surface area contributed by atoms with E-state index in [1.807, 2.05) is 24.3 Å². The maximum atomic E-state index is 2.20. The van der Waals surface area contributed by atoms with E-state index in [2.05, 4.69) is 171 Å². The van der Waals surface area contributed by atoms with Gasteiger partial charge in [0.15, 0.2) is 0 Å². The number of imidazole rings is 1. The van der Waals surface area contributed by atoms with E-state index in [-0.39, 0.29) is 0 Å². The number of rotatable bonds is 7. The number of hydrogen-bond donors (Lipinski definition) is 0. The van der Waals surface area contributed by atoms with Crippen molar-refractivity contribution in [2.75, 3.05) is 9.80 Å². The van der Waals surface area contributed by atoms with Crippen LogP contribution in [0.4, 0.5) is 11.4 Å². The molecule has 5 aromatic rings. The number of hydrogen-bond acceptors (Lipinski definition) is 2. The zero-order chi connectivity index (χ0) is 26.3. The summed E-state index contributed by atoms with van der Waals surface area (Å²) in [5.74, 6) is 2.12. The van der Waals surface area contributed by atoms with Gasteiger partial charge in [-0.25, -0.2) is 0 Å². The van der Waals surface area contributed by atoms with Crippen LogP contribution in [0.5, 0.6) is 0 Å². The molecule has 1 aromatic heterocycles. The Kier molecular flexibility index (Phi) is 7.00. The molecule has 4 nitrogen and oxygen atoms in total. The van der Waals surface area contributed by atoms with Gasteiger partial charge in [0.25, 0.3) is 5.82 Å². The Bertz CT molecular complexity index is 1520. The summed E-state index contributed by atoms with van der Waals surface area (Å²) >= 11 is 0. The first-order chi connectivity index (χ1) is 19.4. The minimum atomic E-state index is 1.06. The van der Waals surface area contributed by atoms with E-state index in [4.69, 9.17) is 0 Å². The van der Waals surface area contributed by atoms with Gasteiger partial charge in [0, 0.05) is 29.9 Å². The summed E-state index contributed by atoms with van der Waals surface area (Å²) in [6, 6.07) is 41.6. The first kappa shape index (κ1) is 24.0. The molecule has 1 aliphatic rings. The molecule has 4 aromatic carbocycles. The van der Waals surface area contributed by atoms with Gasteiger partial charge in [-0.3, -0.25) is 0 Å². The molecule has 0 aliphatic carbocycles.